The van der Waals surface area contributed by atoms with Gasteiger partial charge in [0.25, 0.3) is 5.91 Å². The van der Waals surface area contributed by atoms with Gasteiger partial charge in [0.2, 0.25) is 10.0 Å². The number of nitrogens with zero attached hydrogens (tertiary/aromatic N) is 1. The molecule has 1 saturated heterocycles. The van der Waals surface area contributed by atoms with Crippen molar-refractivity contribution in [1.82, 2.24) is 9.62 Å². The van der Waals surface area contributed by atoms with Crippen LogP contribution in [0.1, 0.15) is 33.1 Å². The van der Waals surface area contributed by atoms with Gasteiger partial charge in [0.05, 0.1) is 31.1 Å². The zero-order valence-corrected chi connectivity index (χ0v) is 18.2. The first-order valence-corrected chi connectivity index (χ1v) is 12.0. The van der Waals surface area contributed by atoms with E-state index < -0.39 is 10.0 Å². The Hall–Kier alpha value is -1.15. The Balaban J connectivity index is 1.50. The summed E-state index contributed by atoms with van der Waals surface area (Å²) in [7, 11) is -3.51. The van der Waals surface area contributed by atoms with Gasteiger partial charge in [0.15, 0.2) is 6.54 Å². The molecule has 1 aliphatic carbocycles. The lowest BCUT2D eigenvalue weighted by Crippen LogP contribution is -3.15. The minimum Gasteiger partial charge on any atom is -0.348 e. The van der Waals surface area contributed by atoms with Crippen LogP contribution in [0.15, 0.2) is 29.2 Å². The molecule has 1 aromatic rings. The minimum atomic E-state index is -3.51. The van der Waals surface area contributed by atoms with Crippen molar-refractivity contribution in [2.75, 3.05) is 32.7 Å². The van der Waals surface area contributed by atoms with E-state index in [0.717, 1.165) is 11.3 Å². The molecule has 3 atom stereocenters. The monoisotopic (exact) mass is 428 g/mol. The molecule has 0 radical (unpaired) electrons. The fourth-order valence-corrected chi connectivity index (χ4v) is 5.81. The van der Waals surface area contributed by atoms with Crippen LogP contribution in [0.25, 0.3) is 0 Å². The SMILES string of the molecule is C[C@@H]1[C@@H](C)CCC[C@H]1NC(=O)C[NH+]1CCN(S(=O)(=O)c2ccc(Cl)cc2)CC1. The van der Waals surface area contributed by atoms with Gasteiger partial charge in [-0.15, -0.1) is 0 Å². The lowest BCUT2D eigenvalue weighted by atomic mass is 9.78. The number of sulfonamides is 1. The smallest absolute Gasteiger partial charge is 0.275 e. The van der Waals surface area contributed by atoms with E-state index in [4.69, 9.17) is 11.6 Å². The fraction of sp³-hybridized carbons (Fsp3) is 0.650. The third-order valence-corrected chi connectivity index (χ3v) is 8.51. The van der Waals surface area contributed by atoms with Crippen LogP contribution in [0.5, 0.6) is 0 Å². The number of nitrogens with one attached hydrogen (secondary N) is 2. The summed E-state index contributed by atoms with van der Waals surface area (Å²) in [6, 6.07) is 6.52. The number of hydrogen-bond acceptors (Lipinski definition) is 3. The summed E-state index contributed by atoms with van der Waals surface area (Å²) in [5.41, 5.74) is 0. The van der Waals surface area contributed by atoms with Crippen molar-refractivity contribution in [2.24, 2.45) is 11.8 Å². The molecule has 1 aromatic carbocycles. The summed E-state index contributed by atoms with van der Waals surface area (Å²) in [6.07, 6.45) is 3.47. The third-order valence-electron chi connectivity index (χ3n) is 6.34. The number of carbonyl (C=O) groups is 1. The first-order chi connectivity index (χ1) is 13.3. The molecule has 3 rings (SSSR count). The molecule has 1 heterocycles. The molecule has 6 nitrogen and oxygen atoms in total. The molecular weight excluding hydrogens is 398 g/mol. The summed E-state index contributed by atoms with van der Waals surface area (Å²) < 4.78 is 27.0. The molecule has 0 bridgehead atoms. The summed E-state index contributed by atoms with van der Waals surface area (Å²) in [6.45, 7) is 7.01. The van der Waals surface area contributed by atoms with Gasteiger partial charge < -0.3 is 10.2 Å². The van der Waals surface area contributed by atoms with E-state index >= 15 is 0 Å². The first-order valence-electron chi connectivity index (χ1n) is 10.2. The number of quaternary nitrogens is 1. The molecule has 2 fully saturated rings. The zero-order chi connectivity index (χ0) is 20.3. The van der Waals surface area contributed by atoms with Crippen molar-refractivity contribution in [1.29, 1.82) is 0 Å². The number of carbonyl (C=O) groups excluding carboxylic acids is 1. The lowest BCUT2D eigenvalue weighted by molar-refractivity contribution is -0.895. The van der Waals surface area contributed by atoms with Crippen molar-refractivity contribution in [2.45, 2.75) is 44.0 Å². The Labute approximate surface area is 173 Å². The highest BCUT2D eigenvalue weighted by atomic mass is 35.5. The Kier molecular flexibility index (Phi) is 7.02. The Bertz CT molecular complexity index is 776. The molecule has 2 N–H and O–H groups in total. The highest BCUT2D eigenvalue weighted by Gasteiger charge is 2.32. The molecule has 0 spiro atoms. The number of halogens is 1. The number of piperazine rings is 1. The van der Waals surface area contributed by atoms with Gasteiger partial charge in [-0.05, 0) is 42.5 Å². The Morgan fingerprint density at radius 2 is 1.82 bits per heavy atom. The predicted octanol–water partition coefficient (Wildman–Crippen LogP) is 1.17. The quantitative estimate of drug-likeness (QED) is 0.739. The molecule has 1 saturated carbocycles. The molecular formula is C20H31ClN3O3S+. The molecule has 28 heavy (non-hydrogen) atoms. The lowest BCUT2D eigenvalue weighted by Gasteiger charge is -2.35. The second-order valence-corrected chi connectivity index (χ2v) is 10.6. The Morgan fingerprint density at radius 1 is 1.18 bits per heavy atom. The van der Waals surface area contributed by atoms with E-state index in [1.807, 2.05) is 0 Å². The summed E-state index contributed by atoms with van der Waals surface area (Å²) >= 11 is 5.85. The van der Waals surface area contributed by atoms with Gasteiger partial charge in [-0.3, -0.25) is 4.79 Å². The normalized spacial score (nSPS) is 27.5. The van der Waals surface area contributed by atoms with Crippen LogP contribution in [-0.4, -0.2) is 57.4 Å². The molecule has 0 unspecified atom stereocenters. The van der Waals surface area contributed by atoms with E-state index in [9.17, 15) is 13.2 Å². The second-order valence-electron chi connectivity index (χ2n) is 8.23. The fourth-order valence-electron chi connectivity index (χ4n) is 4.25. The van der Waals surface area contributed by atoms with Crippen molar-refractivity contribution >= 4 is 27.5 Å². The maximum atomic E-state index is 12.8. The largest absolute Gasteiger partial charge is 0.348 e. The zero-order valence-electron chi connectivity index (χ0n) is 16.7. The van der Waals surface area contributed by atoms with Gasteiger partial charge in [0.1, 0.15) is 0 Å². The van der Waals surface area contributed by atoms with Crippen LogP contribution in [0, 0.1) is 11.8 Å². The molecule has 8 heteroatoms. The number of benzene rings is 1. The van der Waals surface area contributed by atoms with Crippen LogP contribution in [-0.2, 0) is 14.8 Å². The van der Waals surface area contributed by atoms with E-state index in [1.54, 1.807) is 12.1 Å². The van der Waals surface area contributed by atoms with Crippen molar-refractivity contribution in [3.05, 3.63) is 29.3 Å². The number of rotatable bonds is 5. The number of hydrogen-bond donors (Lipinski definition) is 2. The van der Waals surface area contributed by atoms with E-state index in [-0.39, 0.29) is 16.8 Å². The van der Waals surface area contributed by atoms with Crippen LogP contribution < -0.4 is 10.2 Å². The van der Waals surface area contributed by atoms with Crippen molar-refractivity contribution < 1.29 is 18.1 Å². The van der Waals surface area contributed by atoms with Gasteiger partial charge in [-0.25, -0.2) is 8.42 Å². The van der Waals surface area contributed by atoms with E-state index in [1.165, 1.54) is 29.3 Å². The van der Waals surface area contributed by atoms with Crippen LogP contribution in [0.3, 0.4) is 0 Å². The molecule has 1 amide bonds. The van der Waals surface area contributed by atoms with Crippen LogP contribution in [0.4, 0.5) is 0 Å². The average Bonchev–Trinajstić information content (AvgIpc) is 2.66. The molecule has 2 aliphatic rings. The topological polar surface area (TPSA) is 70.9 Å². The standard InChI is InChI=1S/C20H30ClN3O3S/c1-15-4-3-5-19(16(15)2)22-20(25)14-23-10-12-24(13-11-23)28(26,27)18-8-6-17(21)7-9-18/h6-9,15-16,19H,3-5,10-14H2,1-2H3,(H,22,25)/p+1/t15-,16+,19+/m0/s1. The maximum absolute atomic E-state index is 12.8. The van der Waals surface area contributed by atoms with Crippen LogP contribution in [0.2, 0.25) is 5.02 Å². The highest BCUT2D eigenvalue weighted by molar-refractivity contribution is 7.89. The van der Waals surface area contributed by atoms with Gasteiger partial charge >= 0.3 is 0 Å². The molecule has 0 aromatic heterocycles. The average molecular weight is 429 g/mol. The van der Waals surface area contributed by atoms with Crippen LogP contribution >= 0.6 is 11.6 Å². The van der Waals surface area contributed by atoms with Crippen molar-refractivity contribution in [3.8, 4) is 0 Å². The highest BCUT2D eigenvalue weighted by Crippen LogP contribution is 2.29. The van der Waals surface area contributed by atoms with Gasteiger partial charge in [-0.1, -0.05) is 38.3 Å². The molecule has 156 valence electrons. The first kappa shape index (κ1) is 21.6. The van der Waals surface area contributed by atoms with Gasteiger partial charge in [-0.2, -0.15) is 4.31 Å². The Morgan fingerprint density at radius 3 is 2.46 bits per heavy atom. The summed E-state index contributed by atoms with van der Waals surface area (Å²) in [5, 5.41) is 3.73. The number of amides is 1. The summed E-state index contributed by atoms with van der Waals surface area (Å²) in [4.78, 5) is 13.9. The predicted molar refractivity (Wildman–Crippen MR) is 110 cm³/mol. The van der Waals surface area contributed by atoms with E-state index in [0.29, 0.717) is 49.6 Å². The van der Waals surface area contributed by atoms with Crippen molar-refractivity contribution in [3.63, 3.8) is 0 Å². The minimum absolute atomic E-state index is 0.0787. The molecule has 1 aliphatic heterocycles. The summed E-state index contributed by atoms with van der Waals surface area (Å²) in [5.74, 6) is 1.23. The maximum Gasteiger partial charge on any atom is 0.275 e. The third kappa shape index (κ3) is 5.06. The van der Waals surface area contributed by atoms with E-state index in [2.05, 4.69) is 19.2 Å². The second kappa shape index (κ2) is 9.11. The van der Waals surface area contributed by atoms with Gasteiger partial charge in [0, 0.05) is 11.1 Å².